The summed E-state index contributed by atoms with van der Waals surface area (Å²) in [7, 11) is 0. The molecule has 6 atom stereocenters. The lowest BCUT2D eigenvalue weighted by molar-refractivity contribution is -0.384. The van der Waals surface area contributed by atoms with Gasteiger partial charge in [-0.05, 0) is 109 Å². The lowest BCUT2D eigenvalue weighted by Gasteiger charge is -2.59. The summed E-state index contributed by atoms with van der Waals surface area (Å²) in [5, 5.41) is 39.6. The molecule has 17 nitrogen and oxygen atoms in total. The highest BCUT2D eigenvalue weighted by atomic mass is 16.7. The van der Waals surface area contributed by atoms with Crippen LogP contribution in [0.25, 0.3) is 0 Å². The lowest BCUT2D eigenvalue weighted by Crippen LogP contribution is -2.70. The van der Waals surface area contributed by atoms with Gasteiger partial charge in [0.05, 0.1) is 29.8 Å². The molecule has 1 fully saturated rings. The summed E-state index contributed by atoms with van der Waals surface area (Å²) in [6, 6.07) is 25.7. The van der Waals surface area contributed by atoms with Crippen molar-refractivity contribution < 1.29 is 58.0 Å². The quantitative estimate of drug-likeness (QED) is 0.0180. The Bertz CT molecular complexity index is 2720. The molecule has 2 aliphatic carbocycles. The molecule has 0 saturated heterocycles. The topological polar surface area (TPSA) is 210 Å². The van der Waals surface area contributed by atoms with E-state index in [1.807, 2.05) is 54.6 Å². The molecule has 8 rings (SSSR count). The Morgan fingerprint density at radius 3 is 2.25 bits per heavy atom. The van der Waals surface area contributed by atoms with Gasteiger partial charge in [-0.15, -0.1) is 6.58 Å². The van der Waals surface area contributed by atoms with Gasteiger partial charge in [-0.3, -0.25) is 15.0 Å². The Morgan fingerprint density at radius 2 is 1.52 bits per heavy atom. The Morgan fingerprint density at radius 1 is 0.825 bits per heavy atom. The number of benzene rings is 4. The number of non-ortho nitro benzene ring substituents is 1. The number of ether oxygens (including phenoxy) is 6. The fraction of sp³-hybridized carbons (Fsp3) is 0.508. The summed E-state index contributed by atoms with van der Waals surface area (Å²) in [4.78, 5) is 47.9. The SMILES string of the molecule is C=CCO[C@@]12Oc3ccc(OC(=O)NCc4ccccc4)cc3[C@H]3[C@H](CCCCO)[C@@H](CCCCO)C=C(C(=NOCc4ccc([N+](=O)[O-])cc4)C[C@@H]1N(Cc1ccc4c(c1)OCO4)C(=O)OCCCCCCCCCCCC)[C@H]32. The Labute approximate surface area is 470 Å². The van der Waals surface area contributed by atoms with E-state index in [9.17, 15) is 25.1 Å². The molecule has 0 radical (unpaired) electrons. The fourth-order valence-electron chi connectivity index (χ4n) is 11.9. The third-order valence-electron chi connectivity index (χ3n) is 15.8. The molecule has 4 aromatic carbocycles. The number of carbonyl (C=O) groups is 2. The zero-order chi connectivity index (χ0) is 56.1. The van der Waals surface area contributed by atoms with E-state index in [1.54, 1.807) is 35.2 Å². The average Bonchev–Trinajstić information content (AvgIpc) is 4.07. The highest BCUT2D eigenvalue weighted by Gasteiger charge is 2.66. The van der Waals surface area contributed by atoms with Gasteiger partial charge in [-0.25, -0.2) is 9.59 Å². The highest BCUT2D eigenvalue weighted by Crippen LogP contribution is 2.62. The predicted octanol–water partition coefficient (Wildman–Crippen LogP) is 13.0. The van der Waals surface area contributed by atoms with E-state index in [1.165, 1.54) is 50.7 Å². The number of oxime groups is 1. The van der Waals surface area contributed by atoms with Gasteiger partial charge < -0.3 is 48.8 Å². The molecule has 0 bridgehead atoms. The molecule has 1 saturated carbocycles. The number of amides is 2. The molecule has 2 aliphatic heterocycles. The van der Waals surface area contributed by atoms with Crippen molar-refractivity contribution in [1.29, 1.82) is 0 Å². The minimum atomic E-state index is -1.62. The van der Waals surface area contributed by atoms with E-state index in [2.05, 4.69) is 24.9 Å². The van der Waals surface area contributed by atoms with Crippen LogP contribution >= 0.6 is 0 Å². The summed E-state index contributed by atoms with van der Waals surface area (Å²) in [5.74, 6) is -0.991. The molecule has 3 N–H and O–H groups in total. The third kappa shape index (κ3) is 15.3. The Kier molecular flexibility index (Phi) is 22.2. The summed E-state index contributed by atoms with van der Waals surface area (Å²) in [5.41, 5.74) is 4.38. The molecular formula is C63H80N4O13. The number of nitrogens with zero attached hydrogens (tertiary/aromatic N) is 3. The second-order valence-electron chi connectivity index (χ2n) is 21.3. The van der Waals surface area contributed by atoms with Crippen molar-refractivity contribution in [2.45, 2.75) is 154 Å². The zero-order valence-electron chi connectivity index (χ0n) is 46.3. The number of hydrogen-bond acceptors (Lipinski definition) is 14. The second kappa shape index (κ2) is 30.0. The number of aliphatic hydroxyl groups is 2. The smallest absolute Gasteiger partial charge is 0.412 e. The first-order valence-electron chi connectivity index (χ1n) is 28.9. The van der Waals surface area contributed by atoms with Crippen LogP contribution in [0.4, 0.5) is 15.3 Å². The van der Waals surface area contributed by atoms with Crippen LogP contribution in [0, 0.1) is 27.9 Å². The van der Waals surface area contributed by atoms with E-state index in [0.29, 0.717) is 72.8 Å². The summed E-state index contributed by atoms with van der Waals surface area (Å²) >= 11 is 0. The Hall–Kier alpha value is -6.95. The maximum atomic E-state index is 15.3. The summed E-state index contributed by atoms with van der Waals surface area (Å²) in [6.07, 6.45) is 18.0. The van der Waals surface area contributed by atoms with Gasteiger partial charge in [-0.1, -0.05) is 131 Å². The van der Waals surface area contributed by atoms with Crippen LogP contribution in [-0.2, 0) is 34.0 Å². The maximum Gasteiger partial charge on any atom is 0.412 e. The van der Waals surface area contributed by atoms with Crippen molar-refractivity contribution in [3.63, 3.8) is 0 Å². The molecule has 0 unspecified atom stereocenters. The monoisotopic (exact) mass is 1100 g/mol. The molecule has 4 aromatic rings. The standard InChI is InChI=1S/C63H80N4O13/c1-3-5-6-7-8-9-10-11-12-20-36-74-62(71)66(42-47-27-31-56-57(37-47)76-44-75-56)58-40-54(65-78-43-46-25-28-49(29-26-46)67(72)73)52-38-48(23-16-18-33-68)51(24-17-19-34-69)59-53-39-50(79-61(70)64-41-45-21-14-13-15-22-45)30-32-55(53)80-63(58,60(52)59)77-35-4-2/h4,13-15,21-22,25-32,37-39,48,51,58-60,68-69H,2-3,5-12,16-20,23-24,33-36,40-44H2,1H3,(H,64,70)/t48-,51+,58-,59+,60+,63+/m0/s1. The molecule has 2 heterocycles. The minimum absolute atomic E-state index is 0.0104. The molecule has 430 valence electrons. The number of carbonyl (C=O) groups excluding carboxylic acids is 2. The number of aliphatic hydroxyl groups excluding tert-OH is 2. The largest absolute Gasteiger partial charge is 0.459 e. The van der Waals surface area contributed by atoms with Crippen LogP contribution in [0.1, 0.15) is 144 Å². The van der Waals surface area contributed by atoms with Gasteiger partial charge in [0, 0.05) is 56.3 Å². The van der Waals surface area contributed by atoms with E-state index < -0.39 is 40.8 Å². The van der Waals surface area contributed by atoms with Crippen LogP contribution in [0.15, 0.2) is 120 Å². The van der Waals surface area contributed by atoms with Crippen LogP contribution < -0.4 is 24.3 Å². The fourth-order valence-corrected chi connectivity index (χ4v) is 11.9. The number of nitrogens with one attached hydrogen (secondary N) is 1. The number of nitro groups is 1. The Balaban J connectivity index is 1.22. The van der Waals surface area contributed by atoms with Crippen LogP contribution in [0.5, 0.6) is 23.0 Å². The van der Waals surface area contributed by atoms with E-state index in [0.717, 1.165) is 47.9 Å². The van der Waals surface area contributed by atoms with Crippen molar-refractivity contribution in [2.24, 2.45) is 22.9 Å². The van der Waals surface area contributed by atoms with Crippen LogP contribution in [0.3, 0.4) is 0 Å². The van der Waals surface area contributed by atoms with Gasteiger partial charge in [0.2, 0.25) is 12.6 Å². The first kappa shape index (κ1) is 59.2. The van der Waals surface area contributed by atoms with Gasteiger partial charge >= 0.3 is 12.2 Å². The predicted molar refractivity (Wildman–Crippen MR) is 303 cm³/mol. The normalized spacial score (nSPS) is 20.9. The molecule has 2 amide bonds. The average molecular weight is 1100 g/mol. The number of allylic oxidation sites excluding steroid dienone is 1. The van der Waals surface area contributed by atoms with Crippen molar-refractivity contribution in [3.8, 4) is 23.0 Å². The van der Waals surface area contributed by atoms with E-state index in [-0.39, 0.29) is 76.9 Å². The van der Waals surface area contributed by atoms with Crippen molar-refractivity contribution in [2.75, 3.05) is 33.2 Å². The first-order chi connectivity index (χ1) is 39.2. The molecule has 0 aromatic heterocycles. The van der Waals surface area contributed by atoms with Crippen LogP contribution in [0.2, 0.25) is 0 Å². The van der Waals surface area contributed by atoms with Crippen LogP contribution in [-0.4, -0.2) is 83.0 Å². The molecule has 4 aliphatic rings. The van der Waals surface area contributed by atoms with Gasteiger partial charge in [0.1, 0.15) is 24.1 Å². The minimum Gasteiger partial charge on any atom is -0.459 e. The molecule has 80 heavy (non-hydrogen) atoms. The number of unbranched alkanes of at least 4 members (excludes halogenated alkanes) is 11. The number of hydrogen-bond donors (Lipinski definition) is 3. The lowest BCUT2D eigenvalue weighted by atomic mass is 9.55. The number of fused-ring (bicyclic) bond motifs is 3. The maximum absolute atomic E-state index is 15.3. The van der Waals surface area contributed by atoms with Crippen molar-refractivity contribution in [3.05, 3.63) is 148 Å². The molecule has 17 heteroatoms. The van der Waals surface area contributed by atoms with Gasteiger partial charge in [0.25, 0.3) is 5.69 Å². The third-order valence-corrected chi connectivity index (χ3v) is 15.8. The molecular weight excluding hydrogens is 1020 g/mol. The van der Waals surface area contributed by atoms with Gasteiger partial charge in [-0.2, -0.15) is 0 Å². The van der Waals surface area contributed by atoms with E-state index >= 15 is 4.79 Å². The van der Waals surface area contributed by atoms with E-state index in [4.69, 9.17) is 38.4 Å². The highest BCUT2D eigenvalue weighted by molar-refractivity contribution is 6.03. The van der Waals surface area contributed by atoms with Crippen molar-refractivity contribution in [1.82, 2.24) is 10.2 Å². The van der Waals surface area contributed by atoms with Gasteiger partial charge in [0.15, 0.2) is 11.5 Å². The number of nitro benzene ring substituents is 1. The van der Waals surface area contributed by atoms with Crippen molar-refractivity contribution >= 4 is 23.6 Å². The number of rotatable bonds is 32. The zero-order valence-corrected chi connectivity index (χ0v) is 46.3. The first-order valence-corrected chi connectivity index (χ1v) is 28.9. The second-order valence-corrected chi connectivity index (χ2v) is 21.3. The summed E-state index contributed by atoms with van der Waals surface area (Å²) < 4.78 is 38.6. The molecule has 0 spiro atoms. The summed E-state index contributed by atoms with van der Waals surface area (Å²) in [6.45, 7) is 6.97.